The molecule has 0 spiro atoms. The quantitative estimate of drug-likeness (QED) is 0.0978. The van der Waals surface area contributed by atoms with E-state index in [4.69, 9.17) is 28.4 Å². The maximum Gasteiger partial charge on any atom is 0.333 e. The largest absolute Gasteiger partial charge is 0.458 e. The molecule has 5 atom stereocenters. The minimum absolute atomic E-state index is 0.0646. The van der Waals surface area contributed by atoms with Gasteiger partial charge in [-0.15, -0.1) is 0 Å². The minimum Gasteiger partial charge on any atom is -0.458 e. The zero-order valence-corrected chi connectivity index (χ0v) is 51.4. The van der Waals surface area contributed by atoms with Gasteiger partial charge in [-0.3, -0.25) is 4.79 Å². The van der Waals surface area contributed by atoms with E-state index in [1.54, 1.807) is 34.6 Å². The summed E-state index contributed by atoms with van der Waals surface area (Å²) >= 11 is 0. The van der Waals surface area contributed by atoms with Crippen molar-refractivity contribution in [2.24, 2.45) is 76.4 Å². The van der Waals surface area contributed by atoms with Crippen LogP contribution in [0.3, 0.4) is 0 Å². The summed E-state index contributed by atoms with van der Waals surface area (Å²) in [7, 11) is 0. The predicted octanol–water partition coefficient (Wildman–Crippen LogP) is 14.6. The Kier molecular flexibility index (Phi) is 19.5. The van der Waals surface area contributed by atoms with Crippen LogP contribution in [0.1, 0.15) is 218 Å². The molecule has 80 heavy (non-hydrogen) atoms. The van der Waals surface area contributed by atoms with E-state index in [2.05, 4.69) is 74.4 Å². The third-order valence-corrected chi connectivity index (χ3v) is 21.4. The Morgan fingerprint density at radius 1 is 0.537 bits per heavy atom. The van der Waals surface area contributed by atoms with Crippen LogP contribution >= 0.6 is 0 Å². The van der Waals surface area contributed by atoms with Gasteiger partial charge in [-0.1, -0.05) is 60.6 Å². The highest BCUT2D eigenvalue weighted by atomic mass is 16.6. The second-order valence-corrected chi connectivity index (χ2v) is 28.8. The van der Waals surface area contributed by atoms with Crippen LogP contribution in [-0.2, 0) is 57.2 Å². The Morgan fingerprint density at radius 3 is 1.40 bits per heavy atom. The van der Waals surface area contributed by atoms with E-state index in [1.165, 1.54) is 96.3 Å². The molecule has 446 valence electrons. The van der Waals surface area contributed by atoms with Crippen molar-refractivity contribution in [3.8, 4) is 0 Å². The molecular formula is C68H102O12. The molecule has 1 aliphatic heterocycles. The standard InChI is InChI=1S/2C17H26O2.C12H14O4.C12H20O2.C10H16O2/c1-11(2)15(18)19-16(3,4)17-8-12-5-13(9-17)7-14(6-12)10-17;1-10(2)16(18)19-17(11(3)4)14-6-12-5-13(8-14)9-15(17)7-12;1-5(2)11(13)15-9-6-3-7-8(4-6)12(14)16-10(7)9;1-9(2)11(13)14-12(10(3)4)7-5-6-8-12;1-8(2)9(11)12-10(3)6-4-5-7-10/h12-14H,1,5-10H2,2-4H3;11-15H,1,5-9H2,2-4H3;6-10H,1,3-4H2,2H3;10H,1,5-8H2,2-4H3;1,4-7H2,2-3H3. The lowest BCUT2D eigenvalue weighted by Crippen LogP contribution is -2.62. The highest BCUT2D eigenvalue weighted by Crippen LogP contribution is 2.65. The van der Waals surface area contributed by atoms with Gasteiger partial charge in [0, 0.05) is 45.1 Å². The average Bonchev–Trinajstić information content (AvgIpc) is 4.22. The highest BCUT2D eigenvalue weighted by Gasteiger charge is 2.64. The molecule has 12 saturated carbocycles. The van der Waals surface area contributed by atoms with E-state index in [1.807, 2.05) is 6.92 Å². The summed E-state index contributed by atoms with van der Waals surface area (Å²) in [5.41, 5.74) is 1.68. The van der Waals surface area contributed by atoms with E-state index in [0.717, 1.165) is 68.1 Å². The van der Waals surface area contributed by atoms with Gasteiger partial charge in [0.15, 0.2) is 0 Å². The summed E-state index contributed by atoms with van der Waals surface area (Å²) in [6.07, 6.45) is 24.6. The number of carbonyl (C=O) groups is 6. The van der Waals surface area contributed by atoms with Crippen LogP contribution in [-0.4, -0.2) is 70.4 Å². The van der Waals surface area contributed by atoms with Crippen LogP contribution in [0, 0.1) is 76.4 Å². The van der Waals surface area contributed by atoms with Crippen LogP contribution in [0.5, 0.6) is 0 Å². The Morgan fingerprint density at radius 2 is 0.963 bits per heavy atom. The molecule has 12 aliphatic carbocycles. The summed E-state index contributed by atoms with van der Waals surface area (Å²) in [4.78, 5) is 69.7. The van der Waals surface area contributed by atoms with E-state index < -0.39 is 0 Å². The van der Waals surface area contributed by atoms with Crippen LogP contribution < -0.4 is 0 Å². The van der Waals surface area contributed by atoms with Crippen molar-refractivity contribution in [3.63, 3.8) is 0 Å². The molecule has 12 heteroatoms. The van der Waals surface area contributed by atoms with Gasteiger partial charge < -0.3 is 28.4 Å². The van der Waals surface area contributed by atoms with Crippen molar-refractivity contribution in [1.29, 1.82) is 0 Å². The number of hydrogen-bond acceptors (Lipinski definition) is 12. The van der Waals surface area contributed by atoms with Gasteiger partial charge in [-0.25, -0.2) is 24.0 Å². The zero-order valence-electron chi connectivity index (χ0n) is 51.4. The first-order chi connectivity index (χ1) is 37.3. The van der Waals surface area contributed by atoms with Crippen LogP contribution in [0.4, 0.5) is 0 Å². The van der Waals surface area contributed by atoms with Crippen molar-refractivity contribution in [2.45, 2.75) is 253 Å². The number of carbonyl (C=O) groups excluding carboxylic acids is 6. The van der Waals surface area contributed by atoms with E-state index in [9.17, 15) is 28.8 Å². The molecule has 13 rings (SSSR count). The fourth-order valence-corrected chi connectivity index (χ4v) is 17.5. The molecule has 0 aromatic carbocycles. The van der Waals surface area contributed by atoms with Gasteiger partial charge in [0.1, 0.15) is 34.6 Å². The number of ether oxygens (including phenoxy) is 6. The topological polar surface area (TPSA) is 158 Å². The smallest absolute Gasteiger partial charge is 0.333 e. The first-order valence-electron chi connectivity index (χ1n) is 31.0. The molecule has 13 aliphatic rings. The third kappa shape index (κ3) is 13.5. The second-order valence-electron chi connectivity index (χ2n) is 28.8. The van der Waals surface area contributed by atoms with Gasteiger partial charge >= 0.3 is 35.8 Å². The van der Waals surface area contributed by atoms with E-state index in [-0.39, 0.29) is 87.7 Å². The Labute approximate surface area is 480 Å². The van der Waals surface area contributed by atoms with Crippen LogP contribution in [0.2, 0.25) is 0 Å². The molecule has 0 radical (unpaired) electrons. The predicted molar refractivity (Wildman–Crippen MR) is 310 cm³/mol. The van der Waals surface area contributed by atoms with E-state index >= 15 is 0 Å². The molecule has 5 unspecified atom stereocenters. The van der Waals surface area contributed by atoms with Crippen molar-refractivity contribution in [2.75, 3.05) is 0 Å². The molecule has 0 N–H and O–H groups in total. The van der Waals surface area contributed by atoms with Gasteiger partial charge in [-0.05, 0) is 243 Å². The van der Waals surface area contributed by atoms with E-state index in [0.29, 0.717) is 57.5 Å². The summed E-state index contributed by atoms with van der Waals surface area (Å²) < 4.78 is 33.5. The van der Waals surface area contributed by atoms with Crippen molar-refractivity contribution in [1.82, 2.24) is 0 Å². The normalized spacial score (nSPS) is 35.1. The molecule has 1 heterocycles. The molecule has 0 aromatic heterocycles. The molecule has 13 fully saturated rings. The fourth-order valence-electron chi connectivity index (χ4n) is 17.5. The molecular weight excluding hydrogens is 1010 g/mol. The second kappa shape index (κ2) is 24.8. The monoisotopic (exact) mass is 1110 g/mol. The molecule has 1 saturated heterocycles. The Bertz CT molecular complexity index is 2340. The average molecular weight is 1110 g/mol. The van der Waals surface area contributed by atoms with Crippen molar-refractivity contribution in [3.05, 3.63) is 60.8 Å². The first kappa shape index (κ1) is 63.1. The van der Waals surface area contributed by atoms with Gasteiger partial charge in [0.2, 0.25) is 0 Å². The number of fused-ring (bicyclic) bond motifs is 1. The SMILES string of the molecule is C=C(C)C(=O)OC(C)(C)C12CC3CC(CC(C3)C1)C2.C=C(C)C(=O)OC1(C(C)C)C2CC3CC(C2)CC1C3.C=C(C)C(=O)OC1(C(C)C)CCCC1.C=C(C)C(=O)OC1(C)CCCC1.C=C(C)C(=O)OC1C2CC3C(=O)OC1C3C2. The Hall–Kier alpha value is -4.48. The number of esters is 6. The first-order valence-corrected chi connectivity index (χ1v) is 31.0. The lowest BCUT2D eigenvalue weighted by Gasteiger charge is -2.61. The molecule has 0 amide bonds. The summed E-state index contributed by atoms with van der Waals surface area (Å²) in [6, 6.07) is 0. The Balaban J connectivity index is 0.000000146. The summed E-state index contributed by atoms with van der Waals surface area (Å²) in [5.74, 6) is 5.71. The summed E-state index contributed by atoms with van der Waals surface area (Å²) in [6.45, 7) is 41.6. The maximum atomic E-state index is 12.1. The molecule has 10 bridgehead atoms. The minimum atomic E-state index is -0.378. The third-order valence-electron chi connectivity index (χ3n) is 21.4. The number of rotatable bonds is 13. The summed E-state index contributed by atoms with van der Waals surface area (Å²) in [5, 5.41) is 0. The zero-order chi connectivity index (χ0) is 59.0. The van der Waals surface area contributed by atoms with Gasteiger partial charge in [-0.2, -0.15) is 0 Å². The highest BCUT2D eigenvalue weighted by molar-refractivity contribution is 5.89. The lowest BCUT2D eigenvalue weighted by molar-refractivity contribution is -0.221. The number of hydrogen-bond donors (Lipinski definition) is 0. The van der Waals surface area contributed by atoms with Crippen molar-refractivity contribution >= 4 is 35.8 Å². The molecule has 0 aromatic rings. The maximum absolute atomic E-state index is 12.1. The lowest BCUT2D eigenvalue weighted by atomic mass is 9.46. The van der Waals surface area contributed by atoms with Gasteiger partial charge in [0.05, 0.1) is 5.92 Å². The van der Waals surface area contributed by atoms with Crippen molar-refractivity contribution < 1.29 is 57.2 Å². The fraction of sp³-hybridized carbons (Fsp3) is 0.765. The van der Waals surface area contributed by atoms with Crippen LogP contribution in [0.25, 0.3) is 0 Å². The van der Waals surface area contributed by atoms with Gasteiger partial charge in [0.25, 0.3) is 0 Å². The molecule has 12 nitrogen and oxygen atoms in total. The van der Waals surface area contributed by atoms with Crippen LogP contribution in [0.15, 0.2) is 60.8 Å².